The molecule has 0 aliphatic heterocycles. The highest BCUT2D eigenvalue weighted by atomic mass is 16.6. The number of unbranched alkanes of at least 4 members (excludes halogenated alkanes) is 23. The molecule has 77 heavy (non-hydrogen) atoms. The molecule has 0 aliphatic rings. The molecule has 1 atom stereocenters. The van der Waals surface area contributed by atoms with Gasteiger partial charge >= 0.3 is 17.9 Å². The van der Waals surface area contributed by atoms with Gasteiger partial charge in [-0.25, -0.2) is 0 Å². The molecule has 0 fully saturated rings. The Labute approximate surface area is 475 Å². The minimum Gasteiger partial charge on any atom is -0.462 e. The second-order valence-corrected chi connectivity index (χ2v) is 20.5. The van der Waals surface area contributed by atoms with E-state index in [9.17, 15) is 14.4 Å². The molecule has 0 aliphatic carbocycles. The number of ether oxygens (including phenoxy) is 3. The van der Waals surface area contributed by atoms with E-state index in [-0.39, 0.29) is 31.1 Å². The Kier molecular flexibility index (Phi) is 60.4. The van der Waals surface area contributed by atoms with Crippen LogP contribution in [0.1, 0.15) is 278 Å². The smallest absolute Gasteiger partial charge is 0.306 e. The van der Waals surface area contributed by atoms with Gasteiger partial charge in [0.1, 0.15) is 13.2 Å². The van der Waals surface area contributed by atoms with Crippen LogP contribution in [0.2, 0.25) is 0 Å². The van der Waals surface area contributed by atoms with E-state index in [1.165, 1.54) is 89.9 Å². The van der Waals surface area contributed by atoms with Crippen molar-refractivity contribution in [2.45, 2.75) is 284 Å². The summed E-state index contributed by atoms with van der Waals surface area (Å²) in [5, 5.41) is 0. The number of rotatable bonds is 56. The summed E-state index contributed by atoms with van der Waals surface area (Å²) in [6, 6.07) is 0. The third kappa shape index (κ3) is 62.3. The Balaban J connectivity index is 4.43. The first-order valence-electron chi connectivity index (χ1n) is 31.7. The SMILES string of the molecule is CC/C=C\C/C=C\C/C=C\C/C=C\CCCCCCCCCCCCC(=O)OCC(COC(=O)CCCCCCCCC/C=C\C/C=C\C/C=C\CC)OC(=O)CCCCCCCC/C=C\C/C=C\C/C=C\C/C=C\CC. The highest BCUT2D eigenvalue weighted by molar-refractivity contribution is 5.71. The van der Waals surface area contributed by atoms with Gasteiger partial charge < -0.3 is 14.2 Å². The zero-order valence-corrected chi connectivity index (χ0v) is 49.9. The summed E-state index contributed by atoms with van der Waals surface area (Å²) in [6.45, 7) is 6.29. The molecule has 0 spiro atoms. The van der Waals surface area contributed by atoms with Crippen molar-refractivity contribution in [3.8, 4) is 0 Å². The van der Waals surface area contributed by atoms with Crippen LogP contribution in [0.3, 0.4) is 0 Å². The van der Waals surface area contributed by atoms with Crippen LogP contribution in [-0.2, 0) is 28.6 Å². The van der Waals surface area contributed by atoms with Crippen LogP contribution in [0.25, 0.3) is 0 Å². The van der Waals surface area contributed by atoms with Crippen LogP contribution < -0.4 is 0 Å². The number of allylic oxidation sites excluding steroid dienone is 22. The van der Waals surface area contributed by atoms with Crippen LogP contribution in [-0.4, -0.2) is 37.2 Å². The molecule has 0 radical (unpaired) electrons. The molecule has 6 heteroatoms. The molecule has 6 nitrogen and oxygen atoms in total. The summed E-state index contributed by atoms with van der Waals surface area (Å²) < 4.78 is 16.9. The van der Waals surface area contributed by atoms with Crippen molar-refractivity contribution in [1.29, 1.82) is 0 Å². The molecule has 0 aromatic rings. The van der Waals surface area contributed by atoms with Crippen molar-refractivity contribution in [3.63, 3.8) is 0 Å². The van der Waals surface area contributed by atoms with Gasteiger partial charge in [0.05, 0.1) is 0 Å². The molecule has 436 valence electrons. The Bertz CT molecular complexity index is 1650. The topological polar surface area (TPSA) is 78.9 Å². The number of carbonyl (C=O) groups is 3. The van der Waals surface area contributed by atoms with Gasteiger partial charge in [-0.3, -0.25) is 14.4 Å². The predicted octanol–water partition coefficient (Wildman–Crippen LogP) is 21.8. The first kappa shape index (κ1) is 72.5. The van der Waals surface area contributed by atoms with E-state index in [4.69, 9.17) is 14.2 Å². The number of hydrogen-bond acceptors (Lipinski definition) is 6. The molecule has 0 saturated carbocycles. The van der Waals surface area contributed by atoms with Crippen LogP contribution >= 0.6 is 0 Å². The van der Waals surface area contributed by atoms with E-state index in [1.54, 1.807) is 0 Å². The van der Waals surface area contributed by atoms with Crippen molar-refractivity contribution in [3.05, 3.63) is 134 Å². The molecular formula is C71H116O6. The van der Waals surface area contributed by atoms with E-state index in [1.807, 2.05) is 0 Å². The van der Waals surface area contributed by atoms with Crippen molar-refractivity contribution >= 4 is 17.9 Å². The van der Waals surface area contributed by atoms with Gasteiger partial charge in [0.25, 0.3) is 0 Å². The second kappa shape index (κ2) is 64.1. The standard InChI is InChI=1S/C71H116O6/c1-4-7-10-13-16-19-22-25-28-31-33-34-35-36-38-40-43-46-49-52-55-58-61-64-70(73)76-67-68(66-75-69(72)63-60-57-54-51-48-45-42-39-30-27-24-21-18-15-12-9-6-3)77-71(74)65-62-59-56-53-50-47-44-41-37-32-29-26-23-20-17-14-11-8-5-2/h7-12,16-21,25-30,33-34,37,41,68H,4-6,13-15,22-24,31-32,35-36,38-40,42-67H2,1-3H3/b10-7-,11-8-,12-9-,19-16-,20-17-,21-18-,28-25-,29-26-,30-27-,34-33-,41-37-. The zero-order chi connectivity index (χ0) is 55.7. The lowest BCUT2D eigenvalue weighted by molar-refractivity contribution is -0.167. The summed E-state index contributed by atoms with van der Waals surface area (Å²) in [5.41, 5.74) is 0. The van der Waals surface area contributed by atoms with E-state index in [0.29, 0.717) is 19.3 Å². The van der Waals surface area contributed by atoms with Crippen molar-refractivity contribution in [1.82, 2.24) is 0 Å². The minimum absolute atomic E-state index is 0.0929. The van der Waals surface area contributed by atoms with E-state index in [2.05, 4.69) is 154 Å². The predicted molar refractivity (Wildman–Crippen MR) is 334 cm³/mol. The molecule has 0 amide bonds. The van der Waals surface area contributed by atoms with Crippen LogP contribution in [0.15, 0.2) is 134 Å². The molecule has 0 bridgehead atoms. The lowest BCUT2D eigenvalue weighted by Crippen LogP contribution is -2.30. The van der Waals surface area contributed by atoms with E-state index in [0.717, 1.165) is 148 Å². The van der Waals surface area contributed by atoms with Crippen molar-refractivity contribution < 1.29 is 28.6 Å². The van der Waals surface area contributed by atoms with Gasteiger partial charge in [-0.1, -0.05) is 264 Å². The largest absolute Gasteiger partial charge is 0.462 e. The Hall–Kier alpha value is -4.45. The maximum absolute atomic E-state index is 12.9. The fourth-order valence-electron chi connectivity index (χ4n) is 8.50. The first-order valence-corrected chi connectivity index (χ1v) is 31.7. The van der Waals surface area contributed by atoms with Gasteiger partial charge in [0.2, 0.25) is 0 Å². The maximum Gasteiger partial charge on any atom is 0.306 e. The third-order valence-corrected chi connectivity index (χ3v) is 13.1. The monoisotopic (exact) mass is 1060 g/mol. The average molecular weight is 1070 g/mol. The van der Waals surface area contributed by atoms with Gasteiger partial charge in [-0.15, -0.1) is 0 Å². The normalized spacial score (nSPS) is 13.0. The van der Waals surface area contributed by atoms with Crippen LogP contribution in [0.4, 0.5) is 0 Å². The molecule has 0 saturated heterocycles. The van der Waals surface area contributed by atoms with Crippen molar-refractivity contribution in [2.24, 2.45) is 0 Å². The summed E-state index contributed by atoms with van der Waals surface area (Å²) in [6.07, 6.45) is 90.2. The summed E-state index contributed by atoms with van der Waals surface area (Å²) >= 11 is 0. The second-order valence-electron chi connectivity index (χ2n) is 20.5. The number of hydrogen-bond donors (Lipinski definition) is 0. The van der Waals surface area contributed by atoms with Crippen LogP contribution in [0.5, 0.6) is 0 Å². The molecular weight excluding hydrogens is 949 g/mol. The van der Waals surface area contributed by atoms with Crippen molar-refractivity contribution in [2.75, 3.05) is 13.2 Å². The van der Waals surface area contributed by atoms with Gasteiger partial charge in [0, 0.05) is 19.3 Å². The number of esters is 3. The number of carbonyl (C=O) groups excluding carboxylic acids is 3. The van der Waals surface area contributed by atoms with Gasteiger partial charge in [0.15, 0.2) is 6.10 Å². The summed E-state index contributed by atoms with van der Waals surface area (Å²) in [5.74, 6) is -0.918. The van der Waals surface area contributed by atoms with E-state index < -0.39 is 6.10 Å². The summed E-state index contributed by atoms with van der Waals surface area (Å²) in [7, 11) is 0. The zero-order valence-electron chi connectivity index (χ0n) is 49.9. The quantitative estimate of drug-likeness (QED) is 0.0261. The highest BCUT2D eigenvalue weighted by Crippen LogP contribution is 2.15. The Morgan fingerprint density at radius 3 is 0.727 bits per heavy atom. The summed E-state index contributed by atoms with van der Waals surface area (Å²) in [4.78, 5) is 38.4. The van der Waals surface area contributed by atoms with Crippen LogP contribution in [0, 0.1) is 0 Å². The molecule has 0 heterocycles. The fourth-order valence-corrected chi connectivity index (χ4v) is 8.50. The third-order valence-electron chi connectivity index (χ3n) is 13.1. The first-order chi connectivity index (χ1) is 38.0. The molecule has 0 aromatic heterocycles. The van der Waals surface area contributed by atoms with Gasteiger partial charge in [-0.05, 0) is 128 Å². The maximum atomic E-state index is 12.9. The lowest BCUT2D eigenvalue weighted by atomic mass is 10.1. The fraction of sp³-hybridized carbons (Fsp3) is 0.648. The highest BCUT2D eigenvalue weighted by Gasteiger charge is 2.19. The molecule has 0 N–H and O–H groups in total. The molecule has 1 unspecified atom stereocenters. The Morgan fingerprint density at radius 2 is 0.468 bits per heavy atom. The average Bonchev–Trinajstić information content (AvgIpc) is 3.43. The Morgan fingerprint density at radius 1 is 0.260 bits per heavy atom. The minimum atomic E-state index is -0.798. The van der Waals surface area contributed by atoms with Gasteiger partial charge in [-0.2, -0.15) is 0 Å². The lowest BCUT2D eigenvalue weighted by Gasteiger charge is -2.18. The molecule has 0 aromatic carbocycles. The molecule has 0 rings (SSSR count). The van der Waals surface area contributed by atoms with E-state index >= 15 is 0 Å².